The minimum atomic E-state index is 0.400. The molecule has 0 spiro atoms. The number of anilines is 1. The Balaban J connectivity index is 1.61. The molecule has 3 aromatic heterocycles. The number of hydrogen-bond acceptors (Lipinski definition) is 9. The summed E-state index contributed by atoms with van der Waals surface area (Å²) in [4.78, 5) is 20.7. The number of benzene rings is 1. The summed E-state index contributed by atoms with van der Waals surface area (Å²) in [6.45, 7) is 6.19. The number of nitrogens with one attached hydrogen (secondary N) is 1. The van der Waals surface area contributed by atoms with Crippen LogP contribution >= 0.6 is 23.2 Å². The van der Waals surface area contributed by atoms with E-state index in [0.717, 1.165) is 29.9 Å². The van der Waals surface area contributed by atoms with Crippen molar-refractivity contribution in [3.8, 4) is 28.4 Å². The Bertz CT molecular complexity index is 1360. The Labute approximate surface area is 218 Å². The van der Waals surface area contributed by atoms with Crippen LogP contribution in [0.5, 0.6) is 5.75 Å². The lowest BCUT2D eigenvalue weighted by molar-refractivity contribution is 0.310. The fourth-order valence-electron chi connectivity index (χ4n) is 4.18. The van der Waals surface area contributed by atoms with Crippen molar-refractivity contribution < 1.29 is 9.26 Å². The van der Waals surface area contributed by atoms with Crippen molar-refractivity contribution in [2.24, 2.45) is 0 Å². The summed E-state index contributed by atoms with van der Waals surface area (Å²) in [6, 6.07) is 5.48. The number of halogens is 2. The average Bonchev–Trinajstić information content (AvgIpc) is 3.46. The SMILES string of the molecule is CNCCCOc1ccc(Cl)c(-c2nc(-c3c(C)noc3C)c(Cl)c(N3Cc4nccnc4C3)n2)c1. The monoisotopic (exact) mass is 525 g/mol. The minimum absolute atomic E-state index is 0.400. The van der Waals surface area contributed by atoms with Gasteiger partial charge in [0.1, 0.15) is 22.2 Å². The van der Waals surface area contributed by atoms with Gasteiger partial charge in [-0.25, -0.2) is 9.97 Å². The second-order valence-corrected chi connectivity index (χ2v) is 9.27. The number of fused-ring (bicyclic) bond motifs is 1. The summed E-state index contributed by atoms with van der Waals surface area (Å²) < 4.78 is 11.3. The molecule has 0 fully saturated rings. The predicted octanol–water partition coefficient (Wildman–Crippen LogP) is 5.02. The van der Waals surface area contributed by atoms with Gasteiger partial charge in [0.25, 0.3) is 0 Å². The van der Waals surface area contributed by atoms with E-state index in [1.54, 1.807) is 18.5 Å². The highest BCUT2D eigenvalue weighted by Gasteiger charge is 2.29. The maximum absolute atomic E-state index is 6.96. The number of nitrogens with zero attached hydrogens (tertiary/aromatic N) is 6. The Kier molecular flexibility index (Phi) is 7.04. The normalized spacial score (nSPS) is 12.8. The second kappa shape index (κ2) is 10.4. The van der Waals surface area contributed by atoms with E-state index >= 15 is 0 Å². The zero-order valence-corrected chi connectivity index (χ0v) is 21.7. The highest BCUT2D eigenvalue weighted by molar-refractivity contribution is 6.36. The van der Waals surface area contributed by atoms with Gasteiger partial charge >= 0.3 is 0 Å². The van der Waals surface area contributed by atoms with Gasteiger partial charge in [-0.1, -0.05) is 28.4 Å². The first-order valence-corrected chi connectivity index (χ1v) is 12.3. The first kappa shape index (κ1) is 24.4. The molecule has 0 atom stereocenters. The quantitative estimate of drug-likeness (QED) is 0.317. The molecule has 0 aliphatic carbocycles. The first-order chi connectivity index (χ1) is 17.5. The third kappa shape index (κ3) is 4.74. The molecule has 5 rings (SSSR count). The molecule has 1 N–H and O–H groups in total. The van der Waals surface area contributed by atoms with Crippen LogP contribution in [0.25, 0.3) is 22.6 Å². The summed E-state index contributed by atoms with van der Waals surface area (Å²) in [5, 5.41) is 8.11. The van der Waals surface area contributed by atoms with Crippen LogP contribution in [0.15, 0.2) is 35.1 Å². The van der Waals surface area contributed by atoms with Crippen LogP contribution < -0.4 is 15.0 Å². The molecular weight excluding hydrogens is 501 g/mol. The van der Waals surface area contributed by atoms with E-state index in [0.29, 0.717) is 69.8 Å². The summed E-state index contributed by atoms with van der Waals surface area (Å²) in [7, 11) is 1.91. The van der Waals surface area contributed by atoms with Crippen molar-refractivity contribution in [2.75, 3.05) is 25.1 Å². The lowest BCUT2D eigenvalue weighted by atomic mass is 10.1. The second-order valence-electron chi connectivity index (χ2n) is 8.49. The molecule has 4 heterocycles. The van der Waals surface area contributed by atoms with Crippen LogP contribution in [0.1, 0.15) is 29.3 Å². The number of hydrogen-bond donors (Lipinski definition) is 1. The molecule has 4 aromatic rings. The Morgan fingerprint density at radius 1 is 1.08 bits per heavy atom. The topological polar surface area (TPSA) is 102 Å². The lowest BCUT2D eigenvalue weighted by Crippen LogP contribution is -2.18. The number of ether oxygens (including phenoxy) is 1. The van der Waals surface area contributed by atoms with E-state index in [9.17, 15) is 0 Å². The van der Waals surface area contributed by atoms with Gasteiger partial charge in [0.2, 0.25) is 0 Å². The molecule has 1 aliphatic heterocycles. The van der Waals surface area contributed by atoms with Crippen LogP contribution in [-0.4, -0.2) is 45.3 Å². The van der Waals surface area contributed by atoms with Crippen LogP contribution in [0.4, 0.5) is 5.82 Å². The first-order valence-electron chi connectivity index (χ1n) is 11.6. The zero-order valence-electron chi connectivity index (χ0n) is 20.2. The van der Waals surface area contributed by atoms with Gasteiger partial charge in [-0.15, -0.1) is 0 Å². The number of aryl methyl sites for hydroxylation is 2. The largest absolute Gasteiger partial charge is 0.494 e. The molecule has 0 amide bonds. The summed E-state index contributed by atoms with van der Waals surface area (Å²) in [5.74, 6) is 2.29. The molecule has 9 nitrogen and oxygen atoms in total. The van der Waals surface area contributed by atoms with Crippen molar-refractivity contribution in [1.82, 2.24) is 30.4 Å². The smallest absolute Gasteiger partial charge is 0.163 e. The van der Waals surface area contributed by atoms with Crippen LogP contribution in [0.2, 0.25) is 10.0 Å². The Morgan fingerprint density at radius 3 is 2.50 bits per heavy atom. The van der Waals surface area contributed by atoms with Crippen molar-refractivity contribution >= 4 is 29.0 Å². The molecule has 0 radical (unpaired) electrons. The van der Waals surface area contributed by atoms with Crippen LogP contribution in [0, 0.1) is 13.8 Å². The predicted molar refractivity (Wildman–Crippen MR) is 138 cm³/mol. The van der Waals surface area contributed by atoms with Gasteiger partial charge < -0.3 is 19.5 Å². The highest BCUT2D eigenvalue weighted by atomic mass is 35.5. The van der Waals surface area contributed by atoms with E-state index in [1.807, 2.05) is 37.9 Å². The van der Waals surface area contributed by atoms with Gasteiger partial charge in [-0.3, -0.25) is 9.97 Å². The molecule has 36 heavy (non-hydrogen) atoms. The highest BCUT2D eigenvalue weighted by Crippen LogP contribution is 2.41. The molecule has 0 bridgehead atoms. The maximum Gasteiger partial charge on any atom is 0.163 e. The van der Waals surface area contributed by atoms with E-state index in [2.05, 4.69) is 20.4 Å². The van der Waals surface area contributed by atoms with E-state index in [-0.39, 0.29) is 0 Å². The number of aromatic nitrogens is 5. The third-order valence-corrected chi connectivity index (χ3v) is 6.64. The van der Waals surface area contributed by atoms with Crippen molar-refractivity contribution in [3.63, 3.8) is 0 Å². The molecule has 1 aliphatic rings. The average molecular weight is 526 g/mol. The van der Waals surface area contributed by atoms with Crippen molar-refractivity contribution in [2.45, 2.75) is 33.4 Å². The fourth-order valence-corrected chi connectivity index (χ4v) is 4.68. The molecule has 0 saturated heterocycles. The van der Waals surface area contributed by atoms with Crippen LogP contribution in [0.3, 0.4) is 0 Å². The van der Waals surface area contributed by atoms with Crippen LogP contribution in [-0.2, 0) is 13.1 Å². The zero-order chi connectivity index (χ0) is 25.2. The van der Waals surface area contributed by atoms with E-state index in [4.69, 9.17) is 42.4 Å². The Morgan fingerprint density at radius 2 is 1.83 bits per heavy atom. The van der Waals surface area contributed by atoms with Gasteiger partial charge in [0.05, 0.1) is 47.4 Å². The van der Waals surface area contributed by atoms with Crippen molar-refractivity contribution in [3.05, 3.63) is 63.5 Å². The van der Waals surface area contributed by atoms with E-state index in [1.165, 1.54) is 0 Å². The summed E-state index contributed by atoms with van der Waals surface area (Å²) >= 11 is 13.6. The molecule has 1 aromatic carbocycles. The molecule has 0 saturated carbocycles. The molecular formula is C25H25Cl2N7O2. The third-order valence-electron chi connectivity index (χ3n) is 5.96. The minimum Gasteiger partial charge on any atom is -0.494 e. The standard InChI is InChI=1S/C25H25Cl2N7O2/c1-14-21(15(2)36-33-14)23-22(27)25(34-12-19-20(13-34)30-9-8-29-19)32-24(31-23)17-11-16(5-6-18(17)26)35-10-4-7-28-3/h5-6,8-9,11,28H,4,7,10,12-13H2,1-3H3. The van der Waals surface area contributed by atoms with Gasteiger partial charge in [0, 0.05) is 18.0 Å². The number of rotatable bonds is 8. The van der Waals surface area contributed by atoms with Crippen molar-refractivity contribution in [1.29, 1.82) is 0 Å². The van der Waals surface area contributed by atoms with Gasteiger partial charge in [0.15, 0.2) is 11.6 Å². The molecule has 186 valence electrons. The van der Waals surface area contributed by atoms with Gasteiger partial charge in [-0.05, 0) is 52.1 Å². The lowest BCUT2D eigenvalue weighted by Gasteiger charge is -2.20. The maximum atomic E-state index is 6.96. The van der Waals surface area contributed by atoms with E-state index < -0.39 is 0 Å². The summed E-state index contributed by atoms with van der Waals surface area (Å²) in [5.41, 5.74) is 4.37. The fraction of sp³-hybridized carbons (Fsp3) is 0.320. The summed E-state index contributed by atoms with van der Waals surface area (Å²) in [6.07, 6.45) is 4.25. The molecule has 11 heteroatoms. The Hall–Kier alpha value is -3.27. The van der Waals surface area contributed by atoms with Gasteiger partial charge in [-0.2, -0.15) is 0 Å². The molecule has 0 unspecified atom stereocenters.